The highest BCUT2D eigenvalue weighted by Crippen LogP contribution is 2.27. The highest BCUT2D eigenvalue weighted by Gasteiger charge is 2.08. The number of para-hydroxylation sites is 1. The lowest BCUT2D eigenvalue weighted by Gasteiger charge is -2.10. The average Bonchev–Trinajstić information content (AvgIpc) is 2.55. The van der Waals surface area contributed by atoms with Gasteiger partial charge in [-0.15, -0.1) is 23.5 Å². The van der Waals surface area contributed by atoms with Gasteiger partial charge >= 0.3 is 0 Å². The lowest BCUT2D eigenvalue weighted by molar-refractivity contribution is -0.113. The van der Waals surface area contributed by atoms with Crippen molar-refractivity contribution < 1.29 is 9.53 Å². The van der Waals surface area contributed by atoms with Crippen LogP contribution in [0.2, 0.25) is 0 Å². The molecule has 0 unspecified atom stereocenters. The number of hydrogen-bond acceptors (Lipinski definition) is 4. The van der Waals surface area contributed by atoms with Crippen LogP contribution >= 0.6 is 39.5 Å². The Morgan fingerprint density at radius 2 is 2.04 bits per heavy atom. The molecule has 1 amide bonds. The Bertz CT molecular complexity index is 679. The van der Waals surface area contributed by atoms with Gasteiger partial charge in [0.15, 0.2) is 0 Å². The van der Waals surface area contributed by atoms with E-state index >= 15 is 0 Å². The van der Waals surface area contributed by atoms with Crippen molar-refractivity contribution >= 4 is 51.0 Å². The maximum absolute atomic E-state index is 12.1. The molecule has 0 radical (unpaired) electrons. The van der Waals surface area contributed by atoms with Crippen molar-refractivity contribution in [2.45, 2.75) is 10.6 Å². The number of methoxy groups -OCH3 is 1. The van der Waals surface area contributed by atoms with E-state index in [9.17, 15) is 4.79 Å². The molecule has 6 heteroatoms. The van der Waals surface area contributed by atoms with E-state index in [-0.39, 0.29) is 5.91 Å². The summed E-state index contributed by atoms with van der Waals surface area (Å²) in [4.78, 5) is 13.2. The molecule has 0 aliphatic heterocycles. The van der Waals surface area contributed by atoms with E-state index < -0.39 is 0 Å². The molecular weight excluding hydrogens is 394 g/mol. The number of ether oxygens (including phenoxy) is 1. The second-order valence-corrected chi connectivity index (χ2v) is 7.45. The summed E-state index contributed by atoms with van der Waals surface area (Å²) in [6.45, 7) is 0. The first-order valence-electron chi connectivity index (χ1n) is 6.97. The molecule has 0 aliphatic carbocycles. The van der Waals surface area contributed by atoms with Gasteiger partial charge in [-0.2, -0.15) is 0 Å². The molecule has 0 heterocycles. The van der Waals surface area contributed by atoms with Crippen LogP contribution in [0.3, 0.4) is 0 Å². The van der Waals surface area contributed by atoms with Crippen LogP contribution in [-0.2, 0) is 10.5 Å². The third kappa shape index (κ3) is 5.48. The lowest BCUT2D eigenvalue weighted by atomic mass is 10.2. The molecule has 0 atom stereocenters. The van der Waals surface area contributed by atoms with Crippen LogP contribution in [0.15, 0.2) is 51.8 Å². The predicted molar refractivity (Wildman–Crippen MR) is 104 cm³/mol. The second-order valence-electron chi connectivity index (χ2n) is 4.70. The van der Waals surface area contributed by atoms with Crippen LogP contribution < -0.4 is 10.1 Å². The largest absolute Gasteiger partial charge is 0.496 e. The van der Waals surface area contributed by atoms with Crippen molar-refractivity contribution in [2.24, 2.45) is 0 Å². The van der Waals surface area contributed by atoms with Crippen molar-refractivity contribution in [3.63, 3.8) is 0 Å². The number of carbonyl (C=O) groups excluding carboxylic acids is 1. The van der Waals surface area contributed by atoms with E-state index in [0.717, 1.165) is 32.1 Å². The van der Waals surface area contributed by atoms with E-state index in [1.807, 2.05) is 48.7 Å². The van der Waals surface area contributed by atoms with E-state index in [1.165, 1.54) is 0 Å². The van der Waals surface area contributed by atoms with Crippen molar-refractivity contribution in [3.05, 3.63) is 52.5 Å². The number of nitrogens with one attached hydrogen (secondary N) is 1. The highest BCUT2D eigenvalue weighted by molar-refractivity contribution is 9.10. The van der Waals surface area contributed by atoms with Gasteiger partial charge in [0.1, 0.15) is 5.75 Å². The number of thioether (sulfide) groups is 2. The van der Waals surface area contributed by atoms with Crippen molar-refractivity contribution in [3.8, 4) is 5.75 Å². The number of benzene rings is 2. The van der Waals surface area contributed by atoms with E-state index in [0.29, 0.717) is 5.75 Å². The summed E-state index contributed by atoms with van der Waals surface area (Å²) in [5, 5.41) is 2.97. The Morgan fingerprint density at radius 1 is 1.26 bits per heavy atom. The first kappa shape index (κ1) is 18.2. The standard InChI is InChI=1S/C17H18BrNO2S2/c1-21-15-8-7-13(18)9-12(15)10-23-11-17(20)19-14-5-3-4-6-16(14)22-2/h3-9H,10-11H2,1-2H3,(H,19,20). The molecule has 0 saturated heterocycles. The summed E-state index contributed by atoms with van der Waals surface area (Å²) >= 11 is 6.65. The van der Waals surface area contributed by atoms with Gasteiger partial charge in [-0.1, -0.05) is 28.1 Å². The van der Waals surface area contributed by atoms with Crippen LogP contribution in [0.4, 0.5) is 5.69 Å². The summed E-state index contributed by atoms with van der Waals surface area (Å²) in [5.74, 6) is 1.97. The first-order chi connectivity index (χ1) is 11.1. The van der Waals surface area contributed by atoms with Crippen LogP contribution in [0.1, 0.15) is 5.56 Å². The smallest absolute Gasteiger partial charge is 0.234 e. The average molecular weight is 412 g/mol. The molecule has 0 saturated carbocycles. The molecular formula is C17H18BrNO2S2. The van der Waals surface area contributed by atoms with Gasteiger partial charge < -0.3 is 10.1 Å². The monoisotopic (exact) mass is 411 g/mol. The number of hydrogen-bond donors (Lipinski definition) is 1. The number of carbonyl (C=O) groups is 1. The molecule has 23 heavy (non-hydrogen) atoms. The van der Waals surface area contributed by atoms with E-state index in [1.54, 1.807) is 30.6 Å². The maximum Gasteiger partial charge on any atom is 0.234 e. The third-order valence-electron chi connectivity index (χ3n) is 3.11. The minimum Gasteiger partial charge on any atom is -0.496 e. The minimum atomic E-state index is 0.00506. The van der Waals surface area contributed by atoms with E-state index in [2.05, 4.69) is 21.2 Å². The second kappa shape index (κ2) is 9.25. The molecule has 2 aromatic rings. The molecule has 2 rings (SSSR count). The quantitative estimate of drug-likeness (QED) is 0.646. The normalized spacial score (nSPS) is 10.4. The number of anilines is 1. The fourth-order valence-electron chi connectivity index (χ4n) is 2.05. The SMILES string of the molecule is COc1ccc(Br)cc1CSCC(=O)Nc1ccccc1SC. The fraction of sp³-hybridized carbons (Fsp3) is 0.235. The van der Waals surface area contributed by atoms with Crippen LogP contribution in [-0.4, -0.2) is 25.0 Å². The Morgan fingerprint density at radius 3 is 2.78 bits per heavy atom. The summed E-state index contributed by atoms with van der Waals surface area (Å²) in [6.07, 6.45) is 2.00. The number of rotatable bonds is 7. The summed E-state index contributed by atoms with van der Waals surface area (Å²) in [5.41, 5.74) is 1.94. The Balaban J connectivity index is 1.89. The lowest BCUT2D eigenvalue weighted by Crippen LogP contribution is -2.14. The Labute approximate surface area is 153 Å². The maximum atomic E-state index is 12.1. The topological polar surface area (TPSA) is 38.3 Å². The Kier molecular flexibility index (Phi) is 7.33. The zero-order chi connectivity index (χ0) is 16.7. The molecule has 122 valence electrons. The van der Waals surface area contributed by atoms with Crippen LogP contribution in [0, 0.1) is 0 Å². The minimum absolute atomic E-state index is 0.00506. The first-order valence-corrected chi connectivity index (χ1v) is 10.1. The molecule has 2 aromatic carbocycles. The van der Waals surface area contributed by atoms with Crippen molar-refractivity contribution in [1.82, 2.24) is 0 Å². The van der Waals surface area contributed by atoms with Gasteiger partial charge in [-0.25, -0.2) is 0 Å². The number of amides is 1. The van der Waals surface area contributed by atoms with Crippen molar-refractivity contribution in [2.75, 3.05) is 24.4 Å². The molecule has 0 bridgehead atoms. The van der Waals surface area contributed by atoms with Gasteiger partial charge in [0.25, 0.3) is 0 Å². The zero-order valence-corrected chi connectivity index (χ0v) is 16.2. The van der Waals surface area contributed by atoms with Gasteiger partial charge in [0.05, 0.1) is 18.6 Å². The number of halogens is 1. The molecule has 0 aromatic heterocycles. The third-order valence-corrected chi connectivity index (χ3v) is 5.38. The van der Waals surface area contributed by atoms with Gasteiger partial charge in [0, 0.05) is 20.7 Å². The molecule has 3 nitrogen and oxygen atoms in total. The molecule has 0 aliphatic rings. The van der Waals surface area contributed by atoms with Crippen molar-refractivity contribution in [1.29, 1.82) is 0 Å². The van der Waals surface area contributed by atoms with Gasteiger partial charge in [-0.05, 0) is 36.6 Å². The van der Waals surface area contributed by atoms with E-state index in [4.69, 9.17) is 4.74 Å². The van der Waals surface area contributed by atoms with Gasteiger partial charge in [-0.3, -0.25) is 4.79 Å². The molecule has 0 spiro atoms. The predicted octanol–water partition coefficient (Wildman–Crippen LogP) is 5.05. The Hall–Kier alpha value is -1.11. The fourth-order valence-corrected chi connectivity index (χ4v) is 3.82. The zero-order valence-electron chi connectivity index (χ0n) is 13.0. The molecule has 0 fully saturated rings. The van der Waals surface area contributed by atoms with Crippen LogP contribution in [0.25, 0.3) is 0 Å². The summed E-state index contributed by atoms with van der Waals surface area (Å²) < 4.78 is 6.35. The summed E-state index contributed by atoms with van der Waals surface area (Å²) in [7, 11) is 1.66. The van der Waals surface area contributed by atoms with Gasteiger partial charge in [0.2, 0.25) is 5.91 Å². The molecule has 1 N–H and O–H groups in total. The summed E-state index contributed by atoms with van der Waals surface area (Å²) in [6, 6.07) is 13.7. The van der Waals surface area contributed by atoms with Crippen LogP contribution in [0.5, 0.6) is 5.75 Å². The highest BCUT2D eigenvalue weighted by atomic mass is 79.9.